The first-order valence-electron chi connectivity index (χ1n) is 4.78. The van der Waals surface area contributed by atoms with Gasteiger partial charge in [0.05, 0.1) is 0 Å². The van der Waals surface area contributed by atoms with Gasteiger partial charge in [0.25, 0.3) is 0 Å². The van der Waals surface area contributed by atoms with E-state index in [9.17, 15) is 4.39 Å². The van der Waals surface area contributed by atoms with Gasteiger partial charge in [0.15, 0.2) is 5.76 Å². The number of hydrogen-bond acceptors (Lipinski definition) is 4. The molecule has 1 aromatic carbocycles. The van der Waals surface area contributed by atoms with Gasteiger partial charge in [-0.05, 0) is 36.4 Å². The van der Waals surface area contributed by atoms with Crippen LogP contribution < -0.4 is 10.5 Å². The maximum absolute atomic E-state index is 12.7. The summed E-state index contributed by atoms with van der Waals surface area (Å²) < 4.78 is 18.2. The van der Waals surface area contributed by atoms with Crippen LogP contribution in [0, 0.1) is 5.82 Å². The van der Waals surface area contributed by atoms with E-state index in [4.69, 9.17) is 15.3 Å². The molecule has 2 N–H and O–H groups in total. The van der Waals surface area contributed by atoms with Crippen LogP contribution in [0.3, 0.4) is 0 Å². The Labute approximate surface area is 91.3 Å². The van der Waals surface area contributed by atoms with E-state index >= 15 is 0 Å². The van der Waals surface area contributed by atoms with Crippen molar-refractivity contribution in [1.82, 2.24) is 5.06 Å². The number of halogens is 1. The van der Waals surface area contributed by atoms with Gasteiger partial charge in [0, 0.05) is 6.20 Å². The van der Waals surface area contributed by atoms with Gasteiger partial charge in [0.1, 0.15) is 11.6 Å². The van der Waals surface area contributed by atoms with E-state index in [-0.39, 0.29) is 5.82 Å². The van der Waals surface area contributed by atoms with Crippen molar-refractivity contribution in [1.29, 1.82) is 0 Å². The van der Waals surface area contributed by atoms with E-state index in [2.05, 4.69) is 0 Å². The minimum absolute atomic E-state index is 0.309. The lowest BCUT2D eigenvalue weighted by Crippen LogP contribution is -2.34. The zero-order valence-electron chi connectivity index (χ0n) is 8.26. The van der Waals surface area contributed by atoms with Crippen molar-refractivity contribution in [2.24, 2.45) is 5.73 Å². The highest BCUT2D eigenvalue weighted by Crippen LogP contribution is 2.39. The summed E-state index contributed by atoms with van der Waals surface area (Å²) in [5, 5.41) is 1.48. The highest BCUT2D eigenvalue weighted by Gasteiger charge is 2.56. The Bertz CT molecular complexity index is 483. The standard InChI is InChI=1S/C11H9FN2O2/c12-8-3-5-9(6-4-8)15-10-2-1-7-14-11(10,13)16-14/h1-7H,13H2. The molecule has 0 amide bonds. The molecule has 1 atom stereocenters. The maximum Gasteiger partial charge on any atom is 0.301 e. The number of nitrogens with two attached hydrogens (primary N) is 1. The molecule has 5 heteroatoms. The summed E-state index contributed by atoms with van der Waals surface area (Å²) in [6.45, 7) is 0. The molecule has 2 aliphatic rings. The van der Waals surface area contributed by atoms with Crippen LogP contribution in [0.4, 0.5) is 4.39 Å². The average molecular weight is 220 g/mol. The third-order valence-corrected chi connectivity index (χ3v) is 2.40. The minimum atomic E-state index is -0.997. The van der Waals surface area contributed by atoms with Gasteiger partial charge >= 0.3 is 5.85 Å². The molecule has 1 unspecified atom stereocenters. The molecule has 4 nitrogen and oxygen atoms in total. The average Bonchev–Trinajstić information content (AvgIpc) is 2.95. The summed E-state index contributed by atoms with van der Waals surface area (Å²) in [4.78, 5) is 5.13. The number of fused-ring (bicyclic) bond motifs is 1. The van der Waals surface area contributed by atoms with Crippen LogP contribution in [0.5, 0.6) is 5.75 Å². The van der Waals surface area contributed by atoms with Crippen molar-refractivity contribution in [3.63, 3.8) is 0 Å². The van der Waals surface area contributed by atoms with Crippen LogP contribution in [-0.4, -0.2) is 10.9 Å². The number of hydroxylamine groups is 2. The summed E-state index contributed by atoms with van der Waals surface area (Å²) in [5.74, 6) is -0.315. The van der Waals surface area contributed by atoms with E-state index in [1.807, 2.05) is 0 Å². The van der Waals surface area contributed by atoms with Crippen molar-refractivity contribution < 1.29 is 14.0 Å². The lowest BCUT2D eigenvalue weighted by molar-refractivity contribution is 0.228. The number of nitrogens with zero attached hydrogens (tertiary/aromatic N) is 1. The second-order valence-electron chi connectivity index (χ2n) is 3.54. The molecule has 0 bridgehead atoms. The molecule has 3 rings (SSSR count). The van der Waals surface area contributed by atoms with Crippen LogP contribution in [0.15, 0.2) is 48.4 Å². The predicted molar refractivity (Wildman–Crippen MR) is 54.1 cm³/mol. The van der Waals surface area contributed by atoms with Gasteiger partial charge in [-0.1, -0.05) is 0 Å². The molecule has 1 aromatic rings. The summed E-state index contributed by atoms with van der Waals surface area (Å²) >= 11 is 0. The molecule has 1 fully saturated rings. The van der Waals surface area contributed by atoms with Crippen LogP contribution >= 0.6 is 0 Å². The largest absolute Gasteiger partial charge is 0.455 e. The van der Waals surface area contributed by atoms with Gasteiger partial charge in [-0.15, -0.1) is 0 Å². The fourth-order valence-electron chi connectivity index (χ4n) is 1.49. The number of rotatable bonds is 2. The first-order valence-corrected chi connectivity index (χ1v) is 4.78. The molecule has 2 heterocycles. The molecule has 16 heavy (non-hydrogen) atoms. The fourth-order valence-corrected chi connectivity index (χ4v) is 1.49. The van der Waals surface area contributed by atoms with Crippen LogP contribution in [0.25, 0.3) is 0 Å². The van der Waals surface area contributed by atoms with Crippen LogP contribution in [0.2, 0.25) is 0 Å². The molecule has 2 aliphatic heterocycles. The SMILES string of the molecule is NC12ON1C=CC=C2Oc1ccc(F)cc1. The first-order chi connectivity index (χ1) is 7.68. The van der Waals surface area contributed by atoms with Gasteiger partial charge in [-0.2, -0.15) is 0 Å². The lowest BCUT2D eigenvalue weighted by Gasteiger charge is -2.13. The third kappa shape index (κ3) is 1.37. The fraction of sp³-hybridized carbons (Fsp3) is 0.0909. The molecule has 0 saturated carbocycles. The van der Waals surface area contributed by atoms with E-state index < -0.39 is 5.85 Å². The van der Waals surface area contributed by atoms with Gasteiger partial charge < -0.3 is 4.74 Å². The van der Waals surface area contributed by atoms with E-state index in [1.165, 1.54) is 29.3 Å². The van der Waals surface area contributed by atoms with Gasteiger partial charge in [-0.3, -0.25) is 5.73 Å². The third-order valence-electron chi connectivity index (χ3n) is 2.40. The van der Waals surface area contributed by atoms with Gasteiger partial charge in [-0.25, -0.2) is 14.3 Å². The number of benzene rings is 1. The van der Waals surface area contributed by atoms with E-state index in [1.54, 1.807) is 18.4 Å². The normalized spacial score (nSPS) is 26.1. The molecule has 82 valence electrons. The van der Waals surface area contributed by atoms with Crippen LogP contribution in [-0.2, 0) is 4.84 Å². The molecular weight excluding hydrogens is 211 g/mol. The van der Waals surface area contributed by atoms with Crippen molar-refractivity contribution >= 4 is 0 Å². The Morgan fingerprint density at radius 3 is 2.81 bits per heavy atom. The second-order valence-corrected chi connectivity index (χ2v) is 3.54. The minimum Gasteiger partial charge on any atom is -0.455 e. The van der Waals surface area contributed by atoms with E-state index in [0.29, 0.717) is 11.5 Å². The first kappa shape index (κ1) is 9.38. The monoisotopic (exact) mass is 220 g/mol. The van der Waals surface area contributed by atoms with E-state index in [0.717, 1.165) is 0 Å². The van der Waals surface area contributed by atoms with Crippen molar-refractivity contribution in [3.8, 4) is 5.75 Å². The highest BCUT2D eigenvalue weighted by molar-refractivity contribution is 5.31. The Hall–Kier alpha value is -1.85. The number of hydrogen-bond donors (Lipinski definition) is 1. The number of ether oxygens (including phenoxy) is 1. The smallest absolute Gasteiger partial charge is 0.301 e. The quantitative estimate of drug-likeness (QED) is 0.767. The Morgan fingerprint density at radius 1 is 1.31 bits per heavy atom. The topological polar surface area (TPSA) is 50.8 Å². The maximum atomic E-state index is 12.7. The molecule has 0 radical (unpaired) electrons. The Kier molecular flexibility index (Phi) is 1.80. The predicted octanol–water partition coefficient (Wildman–Crippen LogP) is 1.48. The highest BCUT2D eigenvalue weighted by atomic mass is 19.1. The molecule has 0 aliphatic carbocycles. The van der Waals surface area contributed by atoms with Gasteiger partial charge in [0.2, 0.25) is 0 Å². The summed E-state index contributed by atoms with van der Waals surface area (Å²) in [5.41, 5.74) is 5.86. The van der Waals surface area contributed by atoms with Crippen molar-refractivity contribution in [3.05, 3.63) is 54.2 Å². The lowest BCUT2D eigenvalue weighted by atomic mass is 10.3. The van der Waals surface area contributed by atoms with Crippen molar-refractivity contribution in [2.45, 2.75) is 5.85 Å². The zero-order chi connectivity index (χ0) is 11.2. The molecule has 0 aromatic heterocycles. The summed E-state index contributed by atoms with van der Waals surface area (Å²) in [6.07, 6.45) is 5.18. The van der Waals surface area contributed by atoms with Crippen LogP contribution in [0.1, 0.15) is 0 Å². The number of allylic oxidation sites excluding steroid dienone is 2. The molecular formula is C11H9FN2O2. The summed E-state index contributed by atoms with van der Waals surface area (Å²) in [6, 6.07) is 5.71. The summed E-state index contributed by atoms with van der Waals surface area (Å²) in [7, 11) is 0. The van der Waals surface area contributed by atoms with Crippen molar-refractivity contribution in [2.75, 3.05) is 0 Å². The Balaban J connectivity index is 1.82. The molecule has 1 saturated heterocycles. The second kappa shape index (κ2) is 3.07. The Morgan fingerprint density at radius 2 is 2.06 bits per heavy atom. The zero-order valence-corrected chi connectivity index (χ0v) is 8.26. The molecule has 0 spiro atoms.